The van der Waals surface area contributed by atoms with Crippen molar-refractivity contribution in [3.8, 4) is 0 Å². The van der Waals surface area contributed by atoms with Gasteiger partial charge in [0.15, 0.2) is 0 Å². The van der Waals surface area contributed by atoms with E-state index in [1.807, 2.05) is 4.90 Å². The fraction of sp³-hybridized carbons (Fsp3) is 0.933. The third kappa shape index (κ3) is 1.69. The van der Waals surface area contributed by atoms with E-state index in [0.717, 1.165) is 39.0 Å². The number of likely N-dealkylation sites (tertiary alicyclic amines) is 1. The van der Waals surface area contributed by atoms with E-state index in [1.165, 1.54) is 0 Å². The van der Waals surface area contributed by atoms with Gasteiger partial charge in [0, 0.05) is 38.1 Å². The van der Waals surface area contributed by atoms with Gasteiger partial charge in [0.2, 0.25) is 5.91 Å². The van der Waals surface area contributed by atoms with Crippen LogP contribution in [0.25, 0.3) is 0 Å². The van der Waals surface area contributed by atoms with Gasteiger partial charge >= 0.3 is 0 Å². The van der Waals surface area contributed by atoms with E-state index >= 15 is 0 Å². The summed E-state index contributed by atoms with van der Waals surface area (Å²) < 4.78 is 11.1. The van der Waals surface area contributed by atoms with Gasteiger partial charge in [-0.2, -0.15) is 0 Å². The molecule has 3 rings (SSSR count). The molecule has 0 aromatic heterocycles. The Morgan fingerprint density at radius 3 is 2.55 bits per heavy atom. The topological polar surface area (TPSA) is 64.8 Å². The van der Waals surface area contributed by atoms with Gasteiger partial charge in [0.05, 0.1) is 12.2 Å². The number of piperidine rings is 1. The zero-order chi connectivity index (χ0) is 14.5. The van der Waals surface area contributed by atoms with Crippen molar-refractivity contribution in [1.29, 1.82) is 0 Å². The lowest BCUT2D eigenvalue weighted by atomic mass is 9.47. The molecule has 2 aliphatic heterocycles. The number of rotatable bonds is 2. The molecule has 0 aromatic rings. The first kappa shape index (κ1) is 14.3. The van der Waals surface area contributed by atoms with Gasteiger partial charge < -0.3 is 20.1 Å². The van der Waals surface area contributed by atoms with Crippen molar-refractivity contribution in [2.45, 2.75) is 50.9 Å². The van der Waals surface area contributed by atoms with Crippen LogP contribution in [-0.4, -0.2) is 55.4 Å². The second-order valence-electron chi connectivity index (χ2n) is 7.00. The molecule has 2 heterocycles. The van der Waals surface area contributed by atoms with E-state index in [2.05, 4.69) is 13.8 Å². The van der Waals surface area contributed by atoms with Crippen LogP contribution in [0.1, 0.15) is 33.1 Å². The van der Waals surface area contributed by atoms with E-state index in [4.69, 9.17) is 15.2 Å². The van der Waals surface area contributed by atoms with Crippen molar-refractivity contribution in [2.24, 2.45) is 17.1 Å². The molecule has 0 bridgehead atoms. The first-order valence-electron chi connectivity index (χ1n) is 7.65. The van der Waals surface area contributed by atoms with Crippen molar-refractivity contribution < 1.29 is 14.3 Å². The number of carbonyl (C=O) groups is 1. The Morgan fingerprint density at radius 2 is 1.95 bits per heavy atom. The maximum atomic E-state index is 13.0. The summed E-state index contributed by atoms with van der Waals surface area (Å²) >= 11 is 0. The molecular weight excluding hydrogens is 256 g/mol. The molecule has 5 heteroatoms. The SMILES string of the molecule is COC1CCN(C(=O)C2(N)C3CCOC3C2(C)C)CC1. The molecule has 20 heavy (non-hydrogen) atoms. The Balaban J connectivity index is 1.74. The van der Waals surface area contributed by atoms with Crippen LogP contribution < -0.4 is 5.73 Å². The van der Waals surface area contributed by atoms with Crippen LogP contribution in [0.2, 0.25) is 0 Å². The Hall–Kier alpha value is -0.650. The van der Waals surface area contributed by atoms with Crippen LogP contribution in [-0.2, 0) is 14.3 Å². The Bertz CT molecular complexity index is 404. The van der Waals surface area contributed by atoms with E-state index in [-0.39, 0.29) is 29.4 Å². The number of carbonyl (C=O) groups excluding carboxylic acids is 1. The first-order chi connectivity index (χ1) is 9.42. The minimum Gasteiger partial charge on any atom is -0.381 e. The maximum Gasteiger partial charge on any atom is 0.243 e. The van der Waals surface area contributed by atoms with E-state index in [0.29, 0.717) is 0 Å². The summed E-state index contributed by atoms with van der Waals surface area (Å²) in [5.41, 5.74) is 5.57. The summed E-state index contributed by atoms with van der Waals surface area (Å²) in [7, 11) is 1.74. The van der Waals surface area contributed by atoms with Crippen LogP contribution in [0.15, 0.2) is 0 Å². The summed E-state index contributed by atoms with van der Waals surface area (Å²) in [5, 5.41) is 0. The predicted molar refractivity (Wildman–Crippen MR) is 75.2 cm³/mol. The molecule has 0 radical (unpaired) electrons. The van der Waals surface area contributed by atoms with E-state index in [9.17, 15) is 4.79 Å². The molecule has 3 fully saturated rings. The zero-order valence-electron chi connectivity index (χ0n) is 12.7. The highest BCUT2D eigenvalue weighted by molar-refractivity contribution is 5.89. The average molecular weight is 282 g/mol. The molecule has 1 amide bonds. The Labute approximate surface area is 120 Å². The number of hydrogen-bond acceptors (Lipinski definition) is 4. The van der Waals surface area contributed by atoms with Crippen LogP contribution in [0, 0.1) is 11.3 Å². The van der Waals surface area contributed by atoms with Crippen LogP contribution >= 0.6 is 0 Å². The number of amides is 1. The molecule has 2 saturated heterocycles. The van der Waals surface area contributed by atoms with Gasteiger partial charge in [-0.05, 0) is 19.3 Å². The number of fused-ring (bicyclic) bond motifs is 1. The van der Waals surface area contributed by atoms with Crippen molar-refractivity contribution in [2.75, 3.05) is 26.8 Å². The monoisotopic (exact) mass is 282 g/mol. The largest absolute Gasteiger partial charge is 0.381 e. The van der Waals surface area contributed by atoms with Gasteiger partial charge in [-0.15, -0.1) is 0 Å². The predicted octanol–water partition coefficient (Wildman–Crippen LogP) is 0.766. The molecular formula is C15H26N2O3. The molecule has 1 aliphatic carbocycles. The molecule has 0 spiro atoms. The summed E-state index contributed by atoms with van der Waals surface area (Å²) in [5.74, 6) is 0.300. The summed E-state index contributed by atoms with van der Waals surface area (Å²) in [6, 6.07) is 0. The van der Waals surface area contributed by atoms with Gasteiger partial charge in [0.25, 0.3) is 0 Å². The van der Waals surface area contributed by atoms with Gasteiger partial charge in [0.1, 0.15) is 5.54 Å². The number of ether oxygens (including phenoxy) is 2. The van der Waals surface area contributed by atoms with Gasteiger partial charge in [-0.3, -0.25) is 4.79 Å². The fourth-order valence-corrected chi connectivity index (χ4v) is 4.37. The number of nitrogens with zero attached hydrogens (tertiary/aromatic N) is 1. The molecule has 114 valence electrons. The quantitative estimate of drug-likeness (QED) is 0.812. The number of nitrogens with two attached hydrogens (primary N) is 1. The van der Waals surface area contributed by atoms with E-state index in [1.54, 1.807) is 7.11 Å². The molecule has 0 aromatic carbocycles. The highest BCUT2D eigenvalue weighted by Gasteiger charge is 2.71. The van der Waals surface area contributed by atoms with Crippen molar-refractivity contribution in [3.63, 3.8) is 0 Å². The number of hydrogen-bond donors (Lipinski definition) is 1. The second-order valence-corrected chi connectivity index (χ2v) is 7.00. The molecule has 5 nitrogen and oxygen atoms in total. The molecule has 1 saturated carbocycles. The first-order valence-corrected chi connectivity index (χ1v) is 7.65. The lowest BCUT2D eigenvalue weighted by molar-refractivity contribution is -0.185. The van der Waals surface area contributed by atoms with E-state index < -0.39 is 5.54 Å². The minimum atomic E-state index is -0.756. The minimum absolute atomic E-state index is 0.115. The average Bonchev–Trinajstić information content (AvgIpc) is 2.94. The van der Waals surface area contributed by atoms with Gasteiger partial charge in [-0.1, -0.05) is 13.8 Å². The summed E-state index contributed by atoms with van der Waals surface area (Å²) in [6.07, 6.45) is 3.15. The van der Waals surface area contributed by atoms with Crippen molar-refractivity contribution in [1.82, 2.24) is 4.90 Å². The third-order valence-corrected chi connectivity index (χ3v) is 5.87. The molecule has 2 N–H and O–H groups in total. The highest BCUT2D eigenvalue weighted by Crippen LogP contribution is 2.58. The summed E-state index contributed by atoms with van der Waals surface area (Å²) in [4.78, 5) is 14.9. The molecule has 3 aliphatic rings. The molecule has 3 atom stereocenters. The zero-order valence-corrected chi connectivity index (χ0v) is 12.7. The number of methoxy groups -OCH3 is 1. The van der Waals surface area contributed by atoms with Crippen molar-refractivity contribution >= 4 is 5.91 Å². The Kier molecular flexibility index (Phi) is 3.35. The summed E-state index contributed by atoms with van der Waals surface area (Å²) in [6.45, 7) is 6.38. The van der Waals surface area contributed by atoms with Gasteiger partial charge in [-0.25, -0.2) is 0 Å². The Morgan fingerprint density at radius 1 is 1.30 bits per heavy atom. The van der Waals surface area contributed by atoms with Crippen LogP contribution in [0.3, 0.4) is 0 Å². The lowest BCUT2D eigenvalue weighted by Gasteiger charge is -2.61. The molecule has 3 unspecified atom stereocenters. The van der Waals surface area contributed by atoms with Crippen LogP contribution in [0.4, 0.5) is 0 Å². The standard InChI is InChI=1S/C15H26N2O3/c1-14(2)12-11(6-9-20-12)15(14,16)13(18)17-7-4-10(19-3)5-8-17/h10-12H,4-9,16H2,1-3H3. The fourth-order valence-electron chi connectivity index (χ4n) is 4.37. The second kappa shape index (κ2) is 4.68. The smallest absolute Gasteiger partial charge is 0.243 e. The van der Waals surface area contributed by atoms with Crippen LogP contribution in [0.5, 0.6) is 0 Å². The lowest BCUT2D eigenvalue weighted by Crippen LogP contribution is -2.80. The third-order valence-electron chi connectivity index (χ3n) is 5.87. The normalized spacial score (nSPS) is 40.3. The van der Waals surface area contributed by atoms with Crippen molar-refractivity contribution in [3.05, 3.63) is 0 Å². The highest BCUT2D eigenvalue weighted by atomic mass is 16.5. The maximum absolute atomic E-state index is 13.0.